The van der Waals surface area contributed by atoms with Gasteiger partial charge in [0.05, 0.1) is 5.60 Å². The van der Waals surface area contributed by atoms with E-state index in [-0.39, 0.29) is 0 Å². The molecule has 1 aliphatic rings. The number of nitrogens with one attached hydrogen (secondary N) is 1. The Bertz CT molecular complexity index is 173. The summed E-state index contributed by atoms with van der Waals surface area (Å²) < 4.78 is 0. The predicted octanol–water partition coefficient (Wildman–Crippen LogP) is 2.02. The second-order valence-corrected chi connectivity index (χ2v) is 6.08. The number of hydrogen-bond donors (Lipinski definition) is 2. The minimum atomic E-state index is -0.526. The summed E-state index contributed by atoms with van der Waals surface area (Å²) in [6, 6.07) is 0.600. The Morgan fingerprint density at radius 1 is 1.57 bits per heavy atom. The van der Waals surface area contributed by atoms with Crippen LogP contribution in [-0.2, 0) is 0 Å². The zero-order valence-corrected chi connectivity index (χ0v) is 10.4. The number of aliphatic hydroxyl groups is 1. The molecule has 0 aromatic heterocycles. The van der Waals surface area contributed by atoms with Crippen LogP contribution in [0.2, 0.25) is 0 Å². The van der Waals surface area contributed by atoms with Crippen molar-refractivity contribution < 1.29 is 5.11 Å². The van der Waals surface area contributed by atoms with Crippen molar-refractivity contribution >= 4 is 11.8 Å². The zero-order valence-electron chi connectivity index (χ0n) is 9.55. The molecule has 0 spiro atoms. The molecule has 2 N–H and O–H groups in total. The molecule has 84 valence electrons. The van der Waals surface area contributed by atoms with E-state index in [1.54, 1.807) is 0 Å². The van der Waals surface area contributed by atoms with Crippen LogP contribution in [0.5, 0.6) is 0 Å². The standard InChI is InChI=1S/C11H23NOS/c1-4-6-11(3,13)8-12-10-5-7-14-9(10)2/h9-10,12-13H,4-8H2,1-3H3. The topological polar surface area (TPSA) is 32.3 Å². The summed E-state index contributed by atoms with van der Waals surface area (Å²) in [5.74, 6) is 1.26. The minimum absolute atomic E-state index is 0.526. The third kappa shape index (κ3) is 3.79. The van der Waals surface area contributed by atoms with E-state index in [0.29, 0.717) is 11.3 Å². The molecule has 1 aliphatic heterocycles. The minimum Gasteiger partial charge on any atom is -0.389 e. The molecular weight excluding hydrogens is 194 g/mol. The third-order valence-corrected chi connectivity index (χ3v) is 4.24. The molecular formula is C11H23NOS. The maximum atomic E-state index is 9.99. The van der Waals surface area contributed by atoms with Crippen molar-refractivity contribution in [1.82, 2.24) is 5.32 Å². The highest BCUT2D eigenvalue weighted by molar-refractivity contribution is 8.00. The molecule has 1 heterocycles. The third-order valence-electron chi connectivity index (χ3n) is 2.91. The van der Waals surface area contributed by atoms with Gasteiger partial charge in [-0.3, -0.25) is 0 Å². The van der Waals surface area contributed by atoms with E-state index in [9.17, 15) is 5.11 Å². The Morgan fingerprint density at radius 2 is 2.29 bits per heavy atom. The molecule has 2 nitrogen and oxygen atoms in total. The maximum absolute atomic E-state index is 9.99. The lowest BCUT2D eigenvalue weighted by Gasteiger charge is -2.26. The van der Waals surface area contributed by atoms with Crippen molar-refractivity contribution in [3.8, 4) is 0 Å². The van der Waals surface area contributed by atoms with Gasteiger partial charge < -0.3 is 10.4 Å². The molecule has 0 aromatic carbocycles. The fourth-order valence-corrected chi connectivity index (χ4v) is 3.20. The van der Waals surface area contributed by atoms with Crippen molar-refractivity contribution in [1.29, 1.82) is 0 Å². The monoisotopic (exact) mass is 217 g/mol. The second-order valence-electron chi connectivity index (χ2n) is 4.60. The molecule has 0 amide bonds. The predicted molar refractivity (Wildman–Crippen MR) is 63.9 cm³/mol. The Hall–Kier alpha value is 0.270. The van der Waals surface area contributed by atoms with Crippen LogP contribution in [0, 0.1) is 0 Å². The van der Waals surface area contributed by atoms with Crippen LogP contribution in [-0.4, -0.2) is 34.3 Å². The van der Waals surface area contributed by atoms with Crippen molar-refractivity contribution in [2.75, 3.05) is 12.3 Å². The van der Waals surface area contributed by atoms with E-state index >= 15 is 0 Å². The SMILES string of the molecule is CCCC(C)(O)CNC1CCSC1C. The highest BCUT2D eigenvalue weighted by atomic mass is 32.2. The van der Waals surface area contributed by atoms with Gasteiger partial charge in [0.2, 0.25) is 0 Å². The summed E-state index contributed by atoms with van der Waals surface area (Å²) >= 11 is 2.03. The lowest BCUT2D eigenvalue weighted by atomic mass is 10.00. The van der Waals surface area contributed by atoms with Crippen LogP contribution < -0.4 is 5.32 Å². The van der Waals surface area contributed by atoms with E-state index in [1.165, 1.54) is 12.2 Å². The molecule has 1 fully saturated rings. The Morgan fingerprint density at radius 3 is 2.79 bits per heavy atom. The summed E-state index contributed by atoms with van der Waals surface area (Å²) in [6.45, 7) is 7.04. The second kappa shape index (κ2) is 5.38. The van der Waals surface area contributed by atoms with Crippen LogP contribution >= 0.6 is 11.8 Å². The van der Waals surface area contributed by atoms with Gasteiger partial charge in [0, 0.05) is 17.8 Å². The molecule has 1 rings (SSSR count). The summed E-state index contributed by atoms with van der Waals surface area (Å²) in [5.41, 5.74) is -0.526. The number of hydrogen-bond acceptors (Lipinski definition) is 3. The number of thioether (sulfide) groups is 1. The van der Waals surface area contributed by atoms with E-state index in [1.807, 2.05) is 18.7 Å². The molecule has 0 bridgehead atoms. The lowest BCUT2D eigenvalue weighted by Crippen LogP contribution is -2.44. The Kier molecular flexibility index (Phi) is 4.74. The van der Waals surface area contributed by atoms with Gasteiger partial charge in [-0.25, -0.2) is 0 Å². The maximum Gasteiger partial charge on any atom is 0.0743 e. The van der Waals surface area contributed by atoms with Crippen molar-refractivity contribution in [2.45, 2.75) is 56.9 Å². The fraction of sp³-hybridized carbons (Fsp3) is 1.00. The molecule has 0 aliphatic carbocycles. The van der Waals surface area contributed by atoms with E-state index < -0.39 is 5.60 Å². The van der Waals surface area contributed by atoms with E-state index in [4.69, 9.17) is 0 Å². The van der Waals surface area contributed by atoms with Crippen LogP contribution in [0.4, 0.5) is 0 Å². The van der Waals surface area contributed by atoms with E-state index in [0.717, 1.165) is 19.4 Å². The van der Waals surface area contributed by atoms with Gasteiger partial charge in [-0.15, -0.1) is 0 Å². The summed E-state index contributed by atoms with van der Waals surface area (Å²) in [5, 5.41) is 14.2. The first-order chi connectivity index (χ1) is 6.55. The van der Waals surface area contributed by atoms with Gasteiger partial charge in [0.25, 0.3) is 0 Å². The Balaban J connectivity index is 2.25. The van der Waals surface area contributed by atoms with Gasteiger partial charge >= 0.3 is 0 Å². The average molecular weight is 217 g/mol. The van der Waals surface area contributed by atoms with Crippen LogP contribution in [0.3, 0.4) is 0 Å². The van der Waals surface area contributed by atoms with Crippen LogP contribution in [0.1, 0.15) is 40.0 Å². The first-order valence-corrected chi connectivity index (χ1v) is 6.67. The molecule has 0 radical (unpaired) electrons. The van der Waals surface area contributed by atoms with Gasteiger partial charge in [-0.2, -0.15) is 11.8 Å². The first kappa shape index (κ1) is 12.3. The highest BCUT2D eigenvalue weighted by Crippen LogP contribution is 2.26. The summed E-state index contributed by atoms with van der Waals surface area (Å²) in [7, 11) is 0. The molecule has 3 heteroatoms. The zero-order chi connectivity index (χ0) is 10.6. The van der Waals surface area contributed by atoms with Crippen LogP contribution in [0.25, 0.3) is 0 Å². The first-order valence-electron chi connectivity index (χ1n) is 5.62. The van der Waals surface area contributed by atoms with Gasteiger partial charge in [0.15, 0.2) is 0 Å². The normalized spacial score (nSPS) is 31.7. The molecule has 0 saturated carbocycles. The van der Waals surface area contributed by atoms with Crippen molar-refractivity contribution in [3.05, 3.63) is 0 Å². The molecule has 14 heavy (non-hydrogen) atoms. The molecule has 3 atom stereocenters. The van der Waals surface area contributed by atoms with Crippen molar-refractivity contribution in [2.24, 2.45) is 0 Å². The van der Waals surface area contributed by atoms with E-state index in [2.05, 4.69) is 19.2 Å². The van der Waals surface area contributed by atoms with Crippen molar-refractivity contribution in [3.63, 3.8) is 0 Å². The lowest BCUT2D eigenvalue weighted by molar-refractivity contribution is 0.0473. The Labute approximate surface area is 91.9 Å². The summed E-state index contributed by atoms with van der Waals surface area (Å²) in [6.07, 6.45) is 3.17. The average Bonchev–Trinajstić information content (AvgIpc) is 2.48. The molecule has 0 aromatic rings. The van der Waals surface area contributed by atoms with Gasteiger partial charge in [-0.1, -0.05) is 20.3 Å². The quantitative estimate of drug-likeness (QED) is 0.739. The van der Waals surface area contributed by atoms with Crippen LogP contribution in [0.15, 0.2) is 0 Å². The smallest absolute Gasteiger partial charge is 0.0743 e. The largest absolute Gasteiger partial charge is 0.389 e. The molecule has 3 unspecified atom stereocenters. The fourth-order valence-electron chi connectivity index (χ4n) is 1.98. The summed E-state index contributed by atoms with van der Waals surface area (Å²) in [4.78, 5) is 0. The van der Waals surface area contributed by atoms with Gasteiger partial charge in [0.1, 0.15) is 0 Å². The highest BCUT2D eigenvalue weighted by Gasteiger charge is 2.26. The number of rotatable bonds is 5. The molecule has 1 saturated heterocycles. The van der Waals surface area contributed by atoms with Gasteiger partial charge in [-0.05, 0) is 25.5 Å².